The van der Waals surface area contributed by atoms with Crippen LogP contribution in [0.4, 0.5) is 0 Å². The Balaban J connectivity index is 2.05. The molecular weight excluding hydrogens is 258 g/mol. The van der Waals surface area contributed by atoms with E-state index in [1.807, 2.05) is 11.8 Å². The van der Waals surface area contributed by atoms with Gasteiger partial charge in [0.25, 0.3) is 0 Å². The van der Waals surface area contributed by atoms with Crippen molar-refractivity contribution in [3.63, 3.8) is 0 Å². The number of rotatable bonds is 9. The molecule has 0 spiro atoms. The van der Waals surface area contributed by atoms with Crippen molar-refractivity contribution in [3.8, 4) is 0 Å². The van der Waals surface area contributed by atoms with Gasteiger partial charge < -0.3 is 15.0 Å². The van der Waals surface area contributed by atoms with Gasteiger partial charge in [0.05, 0.1) is 19.8 Å². The van der Waals surface area contributed by atoms with Gasteiger partial charge in [0.15, 0.2) is 5.17 Å². The van der Waals surface area contributed by atoms with Gasteiger partial charge in [-0.15, -0.1) is 0 Å². The van der Waals surface area contributed by atoms with Crippen molar-refractivity contribution in [3.05, 3.63) is 0 Å². The molecule has 0 amide bonds. The van der Waals surface area contributed by atoms with E-state index in [1.54, 1.807) is 0 Å². The zero-order chi connectivity index (χ0) is 14.1. The third kappa shape index (κ3) is 6.63. The molecule has 1 rings (SSSR count). The van der Waals surface area contributed by atoms with E-state index in [2.05, 4.69) is 43.2 Å². The number of thioether (sulfide) groups is 1. The zero-order valence-corrected chi connectivity index (χ0v) is 13.6. The molecule has 0 aliphatic carbocycles. The van der Waals surface area contributed by atoms with Crippen LogP contribution in [0, 0.1) is 5.92 Å². The van der Waals surface area contributed by atoms with E-state index in [-0.39, 0.29) is 0 Å². The van der Waals surface area contributed by atoms with Crippen molar-refractivity contribution >= 4 is 16.9 Å². The van der Waals surface area contributed by atoms with Crippen molar-refractivity contribution in [2.24, 2.45) is 10.9 Å². The van der Waals surface area contributed by atoms with Gasteiger partial charge >= 0.3 is 0 Å². The summed E-state index contributed by atoms with van der Waals surface area (Å²) in [5, 5.41) is 5.16. The predicted molar refractivity (Wildman–Crippen MR) is 85.1 cm³/mol. The molecule has 1 aliphatic rings. The lowest BCUT2D eigenvalue weighted by Gasteiger charge is -2.18. The van der Waals surface area contributed by atoms with Crippen LogP contribution in [0.2, 0.25) is 0 Å². The third-order valence-electron chi connectivity index (χ3n) is 3.46. The molecule has 0 aromatic rings. The van der Waals surface area contributed by atoms with E-state index < -0.39 is 0 Å². The molecule has 5 heteroatoms. The molecule has 1 atom stereocenters. The minimum Gasteiger partial charge on any atom is -0.378 e. The monoisotopic (exact) mass is 287 g/mol. The fraction of sp³-hybridized carbons (Fsp3) is 0.929. The molecule has 0 saturated heterocycles. The number of aliphatic imine (C=N–C) groups is 1. The molecule has 0 aromatic carbocycles. The molecule has 0 saturated carbocycles. The van der Waals surface area contributed by atoms with Crippen LogP contribution in [-0.4, -0.2) is 62.3 Å². The molecule has 0 radical (unpaired) electrons. The van der Waals surface area contributed by atoms with E-state index in [1.165, 1.54) is 12.8 Å². The van der Waals surface area contributed by atoms with Crippen LogP contribution in [0.3, 0.4) is 0 Å². The first-order valence-electron chi connectivity index (χ1n) is 7.34. The Bertz CT molecular complexity index is 267. The van der Waals surface area contributed by atoms with Gasteiger partial charge in [-0.3, -0.25) is 4.99 Å². The summed E-state index contributed by atoms with van der Waals surface area (Å²) < 4.78 is 5.55. The van der Waals surface area contributed by atoms with Crippen LogP contribution < -0.4 is 5.32 Å². The first-order valence-corrected chi connectivity index (χ1v) is 8.22. The first-order chi connectivity index (χ1) is 9.17. The average Bonchev–Trinajstić information content (AvgIpc) is 2.83. The lowest BCUT2D eigenvalue weighted by molar-refractivity contribution is 0.122. The van der Waals surface area contributed by atoms with Crippen LogP contribution in [-0.2, 0) is 4.74 Å². The Labute approximate surface area is 122 Å². The van der Waals surface area contributed by atoms with Gasteiger partial charge in [0.2, 0.25) is 0 Å². The highest BCUT2D eigenvalue weighted by atomic mass is 32.2. The maximum atomic E-state index is 5.55. The summed E-state index contributed by atoms with van der Waals surface area (Å²) in [6.07, 6.45) is 2.51. The van der Waals surface area contributed by atoms with Crippen LogP contribution >= 0.6 is 11.8 Å². The van der Waals surface area contributed by atoms with E-state index in [0.717, 1.165) is 43.9 Å². The summed E-state index contributed by atoms with van der Waals surface area (Å²) in [6, 6.07) is 0. The summed E-state index contributed by atoms with van der Waals surface area (Å²) in [5.74, 6) is 0.796. The topological polar surface area (TPSA) is 36.9 Å². The third-order valence-corrected chi connectivity index (χ3v) is 4.79. The predicted octanol–water partition coefficient (Wildman–Crippen LogP) is 2.06. The van der Waals surface area contributed by atoms with E-state index in [9.17, 15) is 0 Å². The van der Waals surface area contributed by atoms with Crippen LogP contribution in [0.5, 0.6) is 0 Å². The standard InChI is InChI=1S/C14H29N3OS/c1-5-12(6-2)13-11-16-14(19-13)15-7-9-18-10-8-17(3)4/h12-13H,5-11H2,1-4H3,(H,15,16). The van der Waals surface area contributed by atoms with E-state index in [4.69, 9.17) is 4.74 Å². The summed E-state index contributed by atoms with van der Waals surface area (Å²) in [4.78, 5) is 6.71. The summed E-state index contributed by atoms with van der Waals surface area (Å²) in [7, 11) is 4.12. The smallest absolute Gasteiger partial charge is 0.157 e. The highest BCUT2D eigenvalue weighted by molar-refractivity contribution is 8.14. The molecule has 0 fully saturated rings. The molecule has 4 nitrogen and oxygen atoms in total. The van der Waals surface area contributed by atoms with Crippen molar-refractivity contribution < 1.29 is 4.74 Å². The highest BCUT2D eigenvalue weighted by Crippen LogP contribution is 2.30. The maximum absolute atomic E-state index is 5.55. The quantitative estimate of drug-likeness (QED) is 0.659. The van der Waals surface area contributed by atoms with Crippen LogP contribution in [0.1, 0.15) is 26.7 Å². The largest absolute Gasteiger partial charge is 0.378 e. The number of amidine groups is 1. The SMILES string of the molecule is CCC(CC)C1CN=C(NCCOCCN(C)C)S1. The fourth-order valence-corrected chi connectivity index (χ4v) is 3.48. The highest BCUT2D eigenvalue weighted by Gasteiger charge is 2.25. The van der Waals surface area contributed by atoms with Gasteiger partial charge in [0, 0.05) is 18.3 Å². The Morgan fingerprint density at radius 1 is 1.37 bits per heavy atom. The number of nitrogens with zero attached hydrogens (tertiary/aromatic N) is 2. The Hall–Kier alpha value is -0.260. The van der Waals surface area contributed by atoms with Gasteiger partial charge in [-0.1, -0.05) is 38.5 Å². The number of ether oxygens (including phenoxy) is 1. The summed E-state index contributed by atoms with van der Waals surface area (Å²) in [5.41, 5.74) is 0. The van der Waals surface area contributed by atoms with Crippen molar-refractivity contribution in [2.45, 2.75) is 31.9 Å². The molecule has 19 heavy (non-hydrogen) atoms. The zero-order valence-electron chi connectivity index (χ0n) is 12.8. The lowest BCUT2D eigenvalue weighted by atomic mass is 9.99. The minimum absolute atomic E-state index is 0.673. The Morgan fingerprint density at radius 2 is 2.11 bits per heavy atom. The molecular formula is C14H29N3OS. The minimum atomic E-state index is 0.673. The molecule has 0 bridgehead atoms. The van der Waals surface area contributed by atoms with E-state index >= 15 is 0 Å². The number of hydrogen-bond donors (Lipinski definition) is 1. The van der Waals surface area contributed by atoms with Crippen LogP contribution in [0.15, 0.2) is 4.99 Å². The van der Waals surface area contributed by atoms with Crippen molar-refractivity contribution in [1.29, 1.82) is 0 Å². The second kappa shape index (κ2) is 9.61. The lowest BCUT2D eigenvalue weighted by Crippen LogP contribution is -2.26. The second-order valence-corrected chi connectivity index (χ2v) is 6.45. The molecule has 0 aromatic heterocycles. The maximum Gasteiger partial charge on any atom is 0.157 e. The molecule has 1 aliphatic heterocycles. The van der Waals surface area contributed by atoms with Gasteiger partial charge in [-0.25, -0.2) is 0 Å². The Morgan fingerprint density at radius 3 is 2.74 bits per heavy atom. The normalized spacial score (nSPS) is 19.3. The van der Waals surface area contributed by atoms with Crippen molar-refractivity contribution in [1.82, 2.24) is 10.2 Å². The number of likely N-dealkylation sites (N-methyl/N-ethyl adjacent to an activating group) is 1. The summed E-state index contributed by atoms with van der Waals surface area (Å²) >= 11 is 1.91. The molecule has 112 valence electrons. The molecule has 1 unspecified atom stereocenters. The van der Waals surface area contributed by atoms with E-state index in [0.29, 0.717) is 5.25 Å². The average molecular weight is 287 g/mol. The molecule has 1 N–H and O–H groups in total. The van der Waals surface area contributed by atoms with Crippen molar-refractivity contribution in [2.75, 3.05) is 46.9 Å². The first kappa shape index (κ1) is 16.8. The second-order valence-electron chi connectivity index (χ2n) is 5.22. The van der Waals surface area contributed by atoms with Gasteiger partial charge in [-0.05, 0) is 20.0 Å². The van der Waals surface area contributed by atoms with Gasteiger partial charge in [-0.2, -0.15) is 0 Å². The Kier molecular flexibility index (Phi) is 8.50. The number of hydrogen-bond acceptors (Lipinski definition) is 5. The van der Waals surface area contributed by atoms with Gasteiger partial charge in [0.1, 0.15) is 0 Å². The fourth-order valence-electron chi connectivity index (χ4n) is 2.13. The van der Waals surface area contributed by atoms with Crippen LogP contribution in [0.25, 0.3) is 0 Å². The molecule has 1 heterocycles. The summed E-state index contributed by atoms with van der Waals surface area (Å²) in [6.45, 7) is 8.91. The number of nitrogens with one attached hydrogen (secondary N) is 1.